The van der Waals surface area contributed by atoms with Crippen LogP contribution in [0.3, 0.4) is 0 Å². The summed E-state index contributed by atoms with van der Waals surface area (Å²) >= 11 is 0. The average Bonchev–Trinajstić information content (AvgIpc) is 1.63. The maximum Gasteiger partial charge on any atom is 0.0562 e. The summed E-state index contributed by atoms with van der Waals surface area (Å²) in [7, 11) is -1.82. The third-order valence-corrected chi connectivity index (χ3v) is 2.24. The van der Waals surface area contributed by atoms with E-state index in [0.717, 1.165) is 6.61 Å². The van der Waals surface area contributed by atoms with Crippen molar-refractivity contribution in [3.63, 3.8) is 0 Å². The normalized spacial score (nSPS) is 13.7. The number of thiol groups is 1. The molecule has 0 heterocycles. The van der Waals surface area contributed by atoms with E-state index in [1.807, 2.05) is 6.92 Å². The lowest BCUT2D eigenvalue weighted by Gasteiger charge is -2.10. The number of ether oxygens (including phenoxy) is 1. The second-order valence-corrected chi connectivity index (χ2v) is 6.09. The molecule has 0 atom stereocenters. The molecule has 0 aromatic carbocycles. The molecule has 3 heteroatoms. The molecule has 9 heavy (non-hydrogen) atoms. The molecule has 0 unspecified atom stereocenters. The van der Waals surface area contributed by atoms with Crippen molar-refractivity contribution in [3.05, 3.63) is 0 Å². The monoisotopic (exact) mass is 152 g/mol. The van der Waals surface area contributed by atoms with Crippen LogP contribution >= 0.6 is 0 Å². The zero-order valence-corrected chi connectivity index (χ0v) is 7.28. The molecule has 2 nitrogen and oxygen atoms in total. The lowest BCUT2D eigenvalue weighted by atomic mass is 10.8. The van der Waals surface area contributed by atoms with Crippen LogP contribution in [0.25, 0.3) is 0 Å². The predicted octanol–water partition coefficient (Wildman–Crippen LogP) is 0.299. The van der Waals surface area contributed by atoms with Gasteiger partial charge in [0.25, 0.3) is 0 Å². The largest absolute Gasteiger partial charge is 0.381 e. The fourth-order valence-electron chi connectivity index (χ4n) is 0.429. The summed E-state index contributed by atoms with van der Waals surface area (Å²) in [4.78, 5) is 0. The highest BCUT2D eigenvalue weighted by Gasteiger charge is 1.97. The van der Waals surface area contributed by atoms with E-state index in [9.17, 15) is 4.21 Å². The van der Waals surface area contributed by atoms with Gasteiger partial charge in [0.05, 0.1) is 6.61 Å². The van der Waals surface area contributed by atoms with Gasteiger partial charge in [-0.1, -0.05) is 0 Å². The maximum atomic E-state index is 11.0. The van der Waals surface area contributed by atoms with Gasteiger partial charge in [-0.25, -0.2) is 0 Å². The smallest absolute Gasteiger partial charge is 0.0562 e. The van der Waals surface area contributed by atoms with E-state index in [2.05, 4.69) is 0 Å². The molecule has 0 aliphatic rings. The summed E-state index contributed by atoms with van der Waals surface area (Å²) in [5.74, 6) is 0.709. The molecular formula is C6H16O2S. The zero-order valence-electron chi connectivity index (χ0n) is 6.39. The molecular weight excluding hydrogens is 136 g/mol. The quantitative estimate of drug-likeness (QED) is 0.463. The Morgan fingerprint density at radius 2 is 2.00 bits per heavy atom. The third kappa shape index (κ3) is 8.11. The number of hydrogen-bond acceptors (Lipinski definition) is 2. The molecule has 0 saturated carbocycles. The SMILES string of the molecule is CCOCC[SH](C)(C)=O. The molecule has 0 saturated heterocycles. The first-order valence-electron chi connectivity index (χ1n) is 3.18. The number of hydrogen-bond donors (Lipinski definition) is 1. The van der Waals surface area contributed by atoms with Crippen LogP contribution in [0.1, 0.15) is 6.92 Å². The van der Waals surface area contributed by atoms with Crippen molar-refractivity contribution in [1.82, 2.24) is 0 Å². The van der Waals surface area contributed by atoms with Crippen LogP contribution in [-0.2, 0) is 14.7 Å². The summed E-state index contributed by atoms with van der Waals surface area (Å²) in [6.07, 6.45) is 3.57. The van der Waals surface area contributed by atoms with Crippen LogP contribution in [0.15, 0.2) is 0 Å². The Kier molecular flexibility index (Phi) is 4.06. The maximum absolute atomic E-state index is 11.0. The Hall–Kier alpha value is 0.110. The van der Waals surface area contributed by atoms with E-state index in [0.29, 0.717) is 12.4 Å². The van der Waals surface area contributed by atoms with Gasteiger partial charge >= 0.3 is 0 Å². The van der Waals surface area contributed by atoms with E-state index < -0.39 is 9.93 Å². The van der Waals surface area contributed by atoms with Crippen molar-refractivity contribution in [3.8, 4) is 0 Å². The van der Waals surface area contributed by atoms with Crippen LogP contribution in [-0.4, -0.2) is 35.7 Å². The molecule has 0 amide bonds. The summed E-state index contributed by atoms with van der Waals surface area (Å²) in [6.45, 7) is 3.30. The second kappa shape index (κ2) is 4.01. The highest BCUT2D eigenvalue weighted by atomic mass is 32.2. The second-order valence-electron chi connectivity index (χ2n) is 2.49. The summed E-state index contributed by atoms with van der Waals surface area (Å²) in [5, 5.41) is 0. The fourth-order valence-corrected chi connectivity index (χ4v) is 0.998. The Labute approximate surface area is 58.0 Å². The van der Waals surface area contributed by atoms with Crippen molar-refractivity contribution in [1.29, 1.82) is 0 Å². The minimum absolute atomic E-state index is 0.640. The van der Waals surface area contributed by atoms with Gasteiger partial charge < -0.3 is 4.74 Å². The molecule has 0 bridgehead atoms. The van der Waals surface area contributed by atoms with E-state index in [1.54, 1.807) is 12.5 Å². The molecule has 0 rings (SSSR count). The van der Waals surface area contributed by atoms with Gasteiger partial charge in [-0.2, -0.15) is 0 Å². The van der Waals surface area contributed by atoms with Crippen LogP contribution < -0.4 is 0 Å². The van der Waals surface area contributed by atoms with Gasteiger partial charge in [0.2, 0.25) is 0 Å². The van der Waals surface area contributed by atoms with Gasteiger partial charge in [-0.3, -0.25) is 4.21 Å². The van der Waals surface area contributed by atoms with Gasteiger partial charge in [0.15, 0.2) is 0 Å². The van der Waals surface area contributed by atoms with Crippen molar-refractivity contribution < 1.29 is 8.95 Å². The Bertz CT molecular complexity index is 106. The van der Waals surface area contributed by atoms with E-state index >= 15 is 0 Å². The topological polar surface area (TPSA) is 26.3 Å². The van der Waals surface area contributed by atoms with Gasteiger partial charge in [0, 0.05) is 12.4 Å². The molecule has 0 aromatic rings. The molecule has 0 N–H and O–H groups in total. The minimum Gasteiger partial charge on any atom is -0.381 e. The van der Waals surface area contributed by atoms with Crippen molar-refractivity contribution in [2.24, 2.45) is 0 Å². The highest BCUT2D eigenvalue weighted by molar-refractivity contribution is 8.01. The van der Waals surface area contributed by atoms with Gasteiger partial charge in [0.1, 0.15) is 0 Å². The molecule has 0 spiro atoms. The summed E-state index contributed by atoms with van der Waals surface area (Å²) in [5.41, 5.74) is 0. The van der Waals surface area contributed by atoms with Crippen molar-refractivity contribution in [2.75, 3.05) is 31.5 Å². The Morgan fingerprint density at radius 3 is 2.33 bits per heavy atom. The fraction of sp³-hybridized carbons (Fsp3) is 1.00. The molecule has 0 aliphatic carbocycles. The number of rotatable bonds is 4. The van der Waals surface area contributed by atoms with E-state index in [1.165, 1.54) is 0 Å². The third-order valence-electron chi connectivity index (χ3n) is 0.978. The first-order chi connectivity index (χ1) is 4.06. The lowest BCUT2D eigenvalue weighted by molar-refractivity contribution is 0.164. The van der Waals surface area contributed by atoms with E-state index in [4.69, 9.17) is 4.74 Å². The average molecular weight is 152 g/mol. The molecule has 0 aliphatic heterocycles. The molecule has 0 fully saturated rings. The van der Waals surface area contributed by atoms with Gasteiger partial charge in [-0.15, -0.1) is 9.93 Å². The predicted molar refractivity (Wildman–Crippen MR) is 42.7 cm³/mol. The highest BCUT2D eigenvalue weighted by Crippen LogP contribution is 1.91. The van der Waals surface area contributed by atoms with Crippen molar-refractivity contribution >= 4 is 9.93 Å². The first kappa shape index (κ1) is 9.11. The molecule has 58 valence electrons. The van der Waals surface area contributed by atoms with Crippen LogP contribution in [0.4, 0.5) is 0 Å². The summed E-state index contributed by atoms with van der Waals surface area (Å²) < 4.78 is 16.0. The Balaban J connectivity index is 3.18. The zero-order chi connectivity index (χ0) is 7.33. The van der Waals surface area contributed by atoms with Gasteiger partial charge in [-0.05, 0) is 19.4 Å². The van der Waals surface area contributed by atoms with E-state index in [-0.39, 0.29) is 0 Å². The Morgan fingerprint density at radius 1 is 1.44 bits per heavy atom. The standard InChI is InChI=1S/C6H16O2S/c1-4-8-5-6-9(2,3)7/h9H,4-6H2,1-3H3. The lowest BCUT2D eigenvalue weighted by Crippen LogP contribution is -2.16. The minimum atomic E-state index is -1.82. The molecule has 0 radical (unpaired) electrons. The van der Waals surface area contributed by atoms with Crippen LogP contribution in [0.5, 0.6) is 0 Å². The summed E-state index contributed by atoms with van der Waals surface area (Å²) in [6, 6.07) is 0. The molecule has 0 aromatic heterocycles. The van der Waals surface area contributed by atoms with Crippen LogP contribution in [0.2, 0.25) is 0 Å². The van der Waals surface area contributed by atoms with Crippen LogP contribution in [0, 0.1) is 0 Å². The first-order valence-corrected chi connectivity index (χ1v) is 5.96. The van der Waals surface area contributed by atoms with Crippen molar-refractivity contribution in [2.45, 2.75) is 6.92 Å².